The van der Waals surface area contributed by atoms with Crippen LogP contribution in [0.2, 0.25) is 0 Å². The molecular weight excluding hydrogens is 246 g/mol. The SMILES string of the molecule is COc1cc2ccccc2n1C1OC1(C#N)C(N)=O. The summed E-state index contributed by atoms with van der Waals surface area (Å²) in [6.07, 6.45) is -0.746. The van der Waals surface area contributed by atoms with Gasteiger partial charge in [0.2, 0.25) is 0 Å². The number of benzene rings is 1. The van der Waals surface area contributed by atoms with Gasteiger partial charge in [-0.15, -0.1) is 0 Å². The molecule has 1 aromatic heterocycles. The maximum Gasteiger partial charge on any atom is 0.280 e. The van der Waals surface area contributed by atoms with Gasteiger partial charge < -0.3 is 15.2 Å². The molecule has 1 amide bonds. The van der Waals surface area contributed by atoms with Crippen molar-refractivity contribution in [3.8, 4) is 11.9 Å². The molecule has 2 N–H and O–H groups in total. The number of hydrogen-bond acceptors (Lipinski definition) is 4. The van der Waals surface area contributed by atoms with Gasteiger partial charge in [0.25, 0.3) is 11.5 Å². The number of carbonyl (C=O) groups excluding carboxylic acids is 1. The minimum absolute atomic E-state index is 0.518. The summed E-state index contributed by atoms with van der Waals surface area (Å²) in [6.45, 7) is 0. The highest BCUT2D eigenvalue weighted by Crippen LogP contribution is 2.49. The van der Waals surface area contributed by atoms with Crippen LogP contribution >= 0.6 is 0 Å². The van der Waals surface area contributed by atoms with Crippen LogP contribution in [0.15, 0.2) is 30.3 Å². The van der Waals surface area contributed by atoms with Crippen LogP contribution in [-0.4, -0.2) is 23.2 Å². The summed E-state index contributed by atoms with van der Waals surface area (Å²) in [6, 6.07) is 11.2. The molecule has 1 saturated heterocycles. The summed E-state index contributed by atoms with van der Waals surface area (Å²) in [7, 11) is 1.52. The van der Waals surface area contributed by atoms with Crippen molar-refractivity contribution in [2.45, 2.75) is 11.8 Å². The van der Waals surface area contributed by atoms with E-state index in [4.69, 9.17) is 20.5 Å². The summed E-state index contributed by atoms with van der Waals surface area (Å²) in [5.41, 5.74) is 4.45. The summed E-state index contributed by atoms with van der Waals surface area (Å²) >= 11 is 0. The summed E-state index contributed by atoms with van der Waals surface area (Å²) in [5, 5.41) is 10.0. The molecule has 3 rings (SSSR count). The van der Waals surface area contributed by atoms with Crippen molar-refractivity contribution in [2.75, 3.05) is 7.11 Å². The van der Waals surface area contributed by atoms with Crippen LogP contribution in [0, 0.1) is 11.3 Å². The summed E-state index contributed by atoms with van der Waals surface area (Å²) < 4.78 is 12.2. The van der Waals surface area contributed by atoms with E-state index in [1.165, 1.54) is 7.11 Å². The van der Waals surface area contributed by atoms with Crippen LogP contribution < -0.4 is 10.5 Å². The fraction of sp³-hybridized carbons (Fsp3) is 0.231. The zero-order valence-electron chi connectivity index (χ0n) is 10.2. The lowest BCUT2D eigenvalue weighted by Crippen LogP contribution is -2.32. The molecule has 1 fully saturated rings. The Kier molecular flexibility index (Phi) is 2.27. The number of nitrogens with zero attached hydrogens (tertiary/aromatic N) is 2. The van der Waals surface area contributed by atoms with Gasteiger partial charge in [-0.2, -0.15) is 5.26 Å². The molecule has 2 aromatic rings. The Labute approximate surface area is 108 Å². The molecule has 6 heteroatoms. The van der Waals surface area contributed by atoms with E-state index in [9.17, 15) is 4.79 Å². The smallest absolute Gasteiger partial charge is 0.280 e. The van der Waals surface area contributed by atoms with Crippen LogP contribution in [0.1, 0.15) is 6.23 Å². The van der Waals surface area contributed by atoms with E-state index in [1.807, 2.05) is 36.4 Å². The predicted octanol–water partition coefficient (Wildman–Crippen LogP) is 0.926. The maximum absolute atomic E-state index is 11.4. The molecule has 0 aliphatic carbocycles. The van der Waals surface area contributed by atoms with Crippen LogP contribution in [0.5, 0.6) is 5.88 Å². The Hall–Kier alpha value is -2.52. The summed E-state index contributed by atoms with van der Waals surface area (Å²) in [5.74, 6) is -0.274. The number of nitrogens with two attached hydrogens (primary N) is 1. The highest BCUT2D eigenvalue weighted by molar-refractivity contribution is 5.91. The van der Waals surface area contributed by atoms with E-state index in [2.05, 4.69) is 0 Å². The standard InChI is InChI=1S/C13H11N3O3/c1-18-10-6-8-4-2-3-5-9(8)16(10)12-13(7-14,19-12)11(15)17/h2-6,12H,1H3,(H2,15,17). The monoisotopic (exact) mass is 257 g/mol. The second-order valence-corrected chi connectivity index (χ2v) is 4.30. The van der Waals surface area contributed by atoms with Crippen molar-refractivity contribution in [1.29, 1.82) is 5.26 Å². The predicted molar refractivity (Wildman–Crippen MR) is 66.2 cm³/mol. The summed E-state index contributed by atoms with van der Waals surface area (Å²) in [4.78, 5) is 11.4. The van der Waals surface area contributed by atoms with Gasteiger partial charge in [-0.25, -0.2) is 0 Å². The molecule has 2 atom stereocenters. The number of ether oxygens (including phenoxy) is 2. The first kappa shape index (κ1) is 11.6. The number of primary amides is 1. The normalized spacial score (nSPS) is 24.9. The minimum atomic E-state index is -1.60. The van der Waals surface area contributed by atoms with Crippen LogP contribution in [0.3, 0.4) is 0 Å². The molecule has 1 aliphatic heterocycles. The number of nitriles is 1. The molecule has 0 spiro atoms. The first-order chi connectivity index (χ1) is 9.14. The number of epoxide rings is 1. The third-order valence-electron chi connectivity index (χ3n) is 3.28. The minimum Gasteiger partial charge on any atom is -0.482 e. The number of hydrogen-bond donors (Lipinski definition) is 1. The Morgan fingerprint density at radius 3 is 2.89 bits per heavy atom. The fourth-order valence-electron chi connectivity index (χ4n) is 2.24. The third kappa shape index (κ3) is 1.42. The maximum atomic E-state index is 11.4. The highest BCUT2D eigenvalue weighted by atomic mass is 16.6. The molecule has 96 valence electrons. The highest BCUT2D eigenvalue weighted by Gasteiger charge is 2.65. The fourth-order valence-corrected chi connectivity index (χ4v) is 2.24. The molecule has 2 heterocycles. The van der Waals surface area contributed by atoms with Crippen LogP contribution in [-0.2, 0) is 9.53 Å². The van der Waals surface area contributed by atoms with Gasteiger partial charge in [-0.05, 0) is 6.07 Å². The Bertz CT molecular complexity index is 715. The quantitative estimate of drug-likeness (QED) is 0.827. The van der Waals surface area contributed by atoms with Gasteiger partial charge in [0.05, 0.1) is 12.6 Å². The lowest BCUT2D eigenvalue weighted by Gasteiger charge is -2.07. The van der Waals surface area contributed by atoms with Crippen LogP contribution in [0.25, 0.3) is 10.9 Å². The van der Waals surface area contributed by atoms with E-state index >= 15 is 0 Å². The molecule has 1 aromatic carbocycles. The van der Waals surface area contributed by atoms with E-state index in [1.54, 1.807) is 4.57 Å². The number of methoxy groups -OCH3 is 1. The number of carbonyl (C=O) groups is 1. The second-order valence-electron chi connectivity index (χ2n) is 4.30. The van der Waals surface area contributed by atoms with Gasteiger partial charge in [-0.1, -0.05) is 18.2 Å². The van der Waals surface area contributed by atoms with E-state index < -0.39 is 17.7 Å². The van der Waals surface area contributed by atoms with Crippen LogP contribution in [0.4, 0.5) is 0 Å². The molecule has 0 saturated carbocycles. The van der Waals surface area contributed by atoms with Crippen molar-refractivity contribution in [3.63, 3.8) is 0 Å². The zero-order valence-corrected chi connectivity index (χ0v) is 10.2. The zero-order chi connectivity index (χ0) is 13.6. The topological polar surface area (TPSA) is 93.6 Å². The number of aromatic nitrogens is 1. The Balaban J connectivity index is 2.17. The third-order valence-corrected chi connectivity index (χ3v) is 3.28. The first-order valence-corrected chi connectivity index (χ1v) is 5.67. The van der Waals surface area contributed by atoms with Crippen molar-refractivity contribution in [2.24, 2.45) is 5.73 Å². The number of rotatable bonds is 3. The molecule has 1 aliphatic rings. The lowest BCUT2D eigenvalue weighted by molar-refractivity contribution is -0.121. The van der Waals surface area contributed by atoms with Gasteiger partial charge in [0.15, 0.2) is 12.1 Å². The average Bonchev–Trinajstić information content (AvgIpc) is 3.05. The number of para-hydroxylation sites is 1. The van der Waals surface area contributed by atoms with Gasteiger partial charge in [0, 0.05) is 11.5 Å². The number of amides is 1. The molecule has 0 radical (unpaired) electrons. The van der Waals surface area contributed by atoms with Gasteiger partial charge in [0.1, 0.15) is 6.07 Å². The first-order valence-electron chi connectivity index (χ1n) is 5.67. The molecule has 6 nitrogen and oxygen atoms in total. The number of fused-ring (bicyclic) bond motifs is 1. The second kappa shape index (κ2) is 3.73. The van der Waals surface area contributed by atoms with E-state index in [0.29, 0.717) is 5.88 Å². The largest absolute Gasteiger partial charge is 0.482 e. The van der Waals surface area contributed by atoms with E-state index in [-0.39, 0.29) is 0 Å². The molecular formula is C13H11N3O3. The molecule has 2 unspecified atom stereocenters. The van der Waals surface area contributed by atoms with Crippen molar-refractivity contribution < 1.29 is 14.3 Å². The van der Waals surface area contributed by atoms with Gasteiger partial charge >= 0.3 is 0 Å². The molecule has 19 heavy (non-hydrogen) atoms. The van der Waals surface area contributed by atoms with Crippen molar-refractivity contribution >= 4 is 16.8 Å². The van der Waals surface area contributed by atoms with Crippen molar-refractivity contribution in [1.82, 2.24) is 4.57 Å². The Morgan fingerprint density at radius 1 is 1.58 bits per heavy atom. The lowest BCUT2D eigenvalue weighted by atomic mass is 10.1. The van der Waals surface area contributed by atoms with Gasteiger partial charge in [-0.3, -0.25) is 9.36 Å². The van der Waals surface area contributed by atoms with Crippen molar-refractivity contribution in [3.05, 3.63) is 30.3 Å². The molecule has 0 bridgehead atoms. The average molecular weight is 257 g/mol. The Morgan fingerprint density at radius 2 is 2.32 bits per heavy atom. The van der Waals surface area contributed by atoms with E-state index in [0.717, 1.165) is 10.9 Å².